The first-order valence-electron chi connectivity index (χ1n) is 7.17. The van der Waals surface area contributed by atoms with Crippen molar-refractivity contribution in [2.24, 2.45) is 0 Å². The van der Waals surface area contributed by atoms with Gasteiger partial charge in [0.2, 0.25) is 10.9 Å². The van der Waals surface area contributed by atoms with Crippen LogP contribution in [0.2, 0.25) is 5.02 Å². The molecule has 0 aliphatic heterocycles. The molecule has 3 aromatic heterocycles. The maximum Gasteiger partial charge on any atom is 0.277 e. The summed E-state index contributed by atoms with van der Waals surface area (Å²) in [5, 5.41) is 14.1. The van der Waals surface area contributed by atoms with Crippen molar-refractivity contribution < 1.29 is 4.42 Å². The number of benzene rings is 1. The van der Waals surface area contributed by atoms with E-state index in [1.54, 1.807) is 19.1 Å². The smallest absolute Gasteiger partial charge is 0.277 e. The van der Waals surface area contributed by atoms with Crippen molar-refractivity contribution in [2.45, 2.75) is 17.9 Å². The van der Waals surface area contributed by atoms with Crippen LogP contribution in [0.4, 0.5) is 0 Å². The molecule has 7 nitrogen and oxygen atoms in total. The molecule has 0 bridgehead atoms. The van der Waals surface area contributed by atoms with Crippen LogP contribution in [0.25, 0.3) is 16.4 Å². The highest BCUT2D eigenvalue weighted by Crippen LogP contribution is 2.27. The second-order valence-electron chi connectivity index (χ2n) is 5.10. The first-order chi connectivity index (χ1) is 12.1. The van der Waals surface area contributed by atoms with Gasteiger partial charge in [0.1, 0.15) is 5.01 Å². The number of thioether (sulfide) groups is 1. The quantitative estimate of drug-likeness (QED) is 0.492. The summed E-state index contributed by atoms with van der Waals surface area (Å²) in [6.45, 7) is 1.78. The number of halogens is 1. The molecule has 0 N–H and O–H groups in total. The van der Waals surface area contributed by atoms with E-state index >= 15 is 0 Å². The highest BCUT2D eigenvalue weighted by Gasteiger charge is 2.12. The van der Waals surface area contributed by atoms with Crippen LogP contribution in [-0.4, -0.2) is 24.8 Å². The van der Waals surface area contributed by atoms with Gasteiger partial charge in [0.25, 0.3) is 10.8 Å². The van der Waals surface area contributed by atoms with E-state index < -0.39 is 0 Å². The van der Waals surface area contributed by atoms with E-state index in [-0.39, 0.29) is 5.56 Å². The number of aryl methyl sites for hydroxylation is 1. The number of hydrogen-bond acceptors (Lipinski definition) is 8. The second-order valence-corrected chi connectivity index (χ2v) is 7.50. The predicted molar refractivity (Wildman–Crippen MR) is 96.2 cm³/mol. The molecular formula is C15H10ClN5O2S2. The minimum atomic E-state index is -0.184. The van der Waals surface area contributed by atoms with E-state index in [0.29, 0.717) is 32.5 Å². The molecule has 0 aliphatic carbocycles. The summed E-state index contributed by atoms with van der Waals surface area (Å²) >= 11 is 8.68. The van der Waals surface area contributed by atoms with Crippen molar-refractivity contribution in [2.75, 3.05) is 0 Å². The van der Waals surface area contributed by atoms with Crippen LogP contribution < -0.4 is 5.56 Å². The number of aromatic nitrogens is 5. The molecule has 0 fully saturated rings. The van der Waals surface area contributed by atoms with E-state index in [4.69, 9.17) is 16.0 Å². The zero-order valence-corrected chi connectivity index (χ0v) is 15.2. The molecule has 3 heterocycles. The summed E-state index contributed by atoms with van der Waals surface area (Å²) in [5.74, 6) is 0.909. The highest BCUT2D eigenvalue weighted by molar-refractivity contribution is 7.98. The molecule has 0 radical (unpaired) electrons. The fourth-order valence-electron chi connectivity index (χ4n) is 2.15. The Bertz CT molecular complexity index is 1120. The molecule has 0 aliphatic rings. The lowest BCUT2D eigenvalue weighted by Gasteiger charge is -1.94. The van der Waals surface area contributed by atoms with Gasteiger partial charge < -0.3 is 4.42 Å². The Balaban J connectivity index is 1.52. The van der Waals surface area contributed by atoms with E-state index in [0.717, 1.165) is 10.6 Å². The highest BCUT2D eigenvalue weighted by atomic mass is 35.5. The van der Waals surface area contributed by atoms with Gasteiger partial charge in [-0.2, -0.15) is 9.61 Å². The lowest BCUT2D eigenvalue weighted by Crippen LogP contribution is -2.14. The summed E-state index contributed by atoms with van der Waals surface area (Å²) < 4.78 is 6.94. The molecule has 25 heavy (non-hydrogen) atoms. The molecule has 4 rings (SSSR count). The summed E-state index contributed by atoms with van der Waals surface area (Å²) in [6, 6.07) is 8.67. The van der Waals surface area contributed by atoms with Crippen molar-refractivity contribution in [1.29, 1.82) is 0 Å². The van der Waals surface area contributed by atoms with Crippen LogP contribution in [0.3, 0.4) is 0 Å². The van der Waals surface area contributed by atoms with Crippen molar-refractivity contribution in [3.8, 4) is 11.5 Å². The molecule has 0 atom stereocenters. The molecule has 0 spiro atoms. The fourth-order valence-corrected chi connectivity index (χ4v) is 4.03. The largest absolute Gasteiger partial charge is 0.411 e. The van der Waals surface area contributed by atoms with Crippen molar-refractivity contribution in [3.63, 3.8) is 0 Å². The molecule has 1 aromatic carbocycles. The molecule has 4 aromatic rings. The minimum absolute atomic E-state index is 0.184. The standard InChI is InChI=1S/C15H10ClN5O2S2/c1-8-5-12(22)21-14(17-8)25-11(20-21)7-24-15-19-18-13(23-15)9-3-2-4-10(16)6-9/h2-6H,7H2,1H3. The van der Waals surface area contributed by atoms with E-state index in [9.17, 15) is 4.79 Å². The van der Waals surface area contributed by atoms with Crippen molar-refractivity contribution in [1.82, 2.24) is 24.8 Å². The molecular weight excluding hydrogens is 382 g/mol. The van der Waals surface area contributed by atoms with E-state index in [2.05, 4.69) is 20.3 Å². The molecule has 10 heteroatoms. The van der Waals surface area contributed by atoms with Crippen molar-refractivity contribution >= 4 is 39.7 Å². The Morgan fingerprint density at radius 3 is 3.04 bits per heavy atom. The van der Waals surface area contributed by atoms with E-state index in [1.807, 2.05) is 12.1 Å². The summed E-state index contributed by atoms with van der Waals surface area (Å²) in [4.78, 5) is 16.8. The Morgan fingerprint density at radius 2 is 2.20 bits per heavy atom. The third-order valence-corrected chi connectivity index (χ3v) is 5.37. The maximum atomic E-state index is 11.9. The number of rotatable bonds is 4. The van der Waals surface area contributed by atoms with Gasteiger partial charge in [-0.1, -0.05) is 40.8 Å². The maximum absolute atomic E-state index is 11.9. The number of hydrogen-bond donors (Lipinski definition) is 0. The van der Waals surface area contributed by atoms with Crippen molar-refractivity contribution in [3.05, 3.63) is 56.4 Å². The minimum Gasteiger partial charge on any atom is -0.411 e. The predicted octanol–water partition coefficient (Wildman–Crippen LogP) is 3.46. The van der Waals surface area contributed by atoms with Gasteiger partial charge in [0.15, 0.2) is 0 Å². The van der Waals surface area contributed by atoms with Crippen LogP contribution in [0.1, 0.15) is 10.7 Å². The van der Waals surface area contributed by atoms with Gasteiger partial charge in [-0.15, -0.1) is 10.2 Å². The van der Waals surface area contributed by atoms with Gasteiger partial charge in [-0.05, 0) is 25.1 Å². The topological polar surface area (TPSA) is 86.2 Å². The first kappa shape index (κ1) is 16.2. The van der Waals surface area contributed by atoms with Gasteiger partial charge in [-0.3, -0.25) is 4.79 Å². The zero-order chi connectivity index (χ0) is 17.4. The first-order valence-corrected chi connectivity index (χ1v) is 9.35. The van der Waals surface area contributed by atoms with Gasteiger partial charge in [-0.25, -0.2) is 4.98 Å². The summed E-state index contributed by atoms with van der Waals surface area (Å²) in [6.07, 6.45) is 0. The lowest BCUT2D eigenvalue weighted by molar-refractivity contribution is 0.466. The molecule has 0 amide bonds. The summed E-state index contributed by atoms with van der Waals surface area (Å²) in [7, 11) is 0. The van der Waals surface area contributed by atoms with Crippen LogP contribution in [0.5, 0.6) is 0 Å². The van der Waals surface area contributed by atoms with Crippen LogP contribution >= 0.6 is 34.7 Å². The van der Waals surface area contributed by atoms with Crippen LogP contribution in [0, 0.1) is 6.92 Å². The lowest BCUT2D eigenvalue weighted by atomic mass is 10.2. The molecule has 0 saturated carbocycles. The fraction of sp³-hybridized carbons (Fsp3) is 0.133. The Labute approximate surface area is 154 Å². The molecule has 0 saturated heterocycles. The third-order valence-electron chi connectivity index (χ3n) is 3.21. The van der Waals surface area contributed by atoms with Crippen LogP contribution in [-0.2, 0) is 5.75 Å². The zero-order valence-electron chi connectivity index (χ0n) is 12.8. The third kappa shape index (κ3) is 3.44. The Hall–Kier alpha value is -2.23. The number of nitrogens with zero attached hydrogens (tertiary/aromatic N) is 5. The summed E-state index contributed by atoms with van der Waals surface area (Å²) in [5.41, 5.74) is 1.25. The molecule has 126 valence electrons. The number of fused-ring (bicyclic) bond motifs is 1. The Morgan fingerprint density at radius 1 is 1.32 bits per heavy atom. The van der Waals surface area contributed by atoms with Gasteiger partial charge in [0.05, 0.1) is 5.75 Å². The SMILES string of the molecule is Cc1cc(=O)n2nc(CSc3nnc(-c4cccc(Cl)c4)o3)sc2n1. The van der Waals surface area contributed by atoms with Gasteiger partial charge in [0, 0.05) is 22.3 Å². The normalized spacial score (nSPS) is 11.3. The second kappa shape index (κ2) is 6.58. The average molecular weight is 392 g/mol. The van der Waals surface area contributed by atoms with Crippen LogP contribution in [0.15, 0.2) is 44.8 Å². The van der Waals surface area contributed by atoms with Gasteiger partial charge >= 0.3 is 0 Å². The average Bonchev–Trinajstić information content (AvgIpc) is 3.19. The monoisotopic (exact) mass is 391 g/mol. The van der Waals surface area contributed by atoms with E-state index in [1.165, 1.54) is 33.7 Å². The molecule has 0 unspecified atom stereocenters. The Kier molecular flexibility index (Phi) is 4.28.